The first kappa shape index (κ1) is 13.9. The van der Waals surface area contributed by atoms with Crippen molar-refractivity contribution in [3.05, 3.63) is 40.2 Å². The second-order valence-corrected chi connectivity index (χ2v) is 5.44. The number of nitrogens with one attached hydrogen (secondary N) is 1. The number of anilines is 1. The molecule has 1 N–H and O–H groups in total. The van der Waals surface area contributed by atoms with Gasteiger partial charge in [-0.1, -0.05) is 6.92 Å². The SMILES string of the molecule is CCCNc1cc(Cn2nc3n(c2=O)CCCC3)ccn1. The third kappa shape index (κ3) is 2.99. The van der Waals surface area contributed by atoms with Crippen molar-refractivity contribution in [2.24, 2.45) is 0 Å². The van der Waals surface area contributed by atoms with Gasteiger partial charge in [-0.2, -0.15) is 5.10 Å². The third-order valence-electron chi connectivity index (χ3n) is 3.74. The third-order valence-corrected chi connectivity index (χ3v) is 3.74. The van der Waals surface area contributed by atoms with Gasteiger partial charge in [-0.3, -0.25) is 4.57 Å². The summed E-state index contributed by atoms with van der Waals surface area (Å²) in [5.74, 6) is 1.77. The molecular weight excluding hydrogens is 266 g/mol. The van der Waals surface area contributed by atoms with Crippen molar-refractivity contribution < 1.29 is 0 Å². The number of fused-ring (bicyclic) bond motifs is 1. The van der Waals surface area contributed by atoms with E-state index in [1.54, 1.807) is 15.4 Å². The first-order chi connectivity index (χ1) is 10.3. The van der Waals surface area contributed by atoms with Crippen LogP contribution in [0, 0.1) is 0 Å². The number of pyridine rings is 1. The average molecular weight is 287 g/mol. The lowest BCUT2D eigenvalue weighted by atomic mass is 10.2. The number of aryl methyl sites for hydroxylation is 1. The van der Waals surface area contributed by atoms with Gasteiger partial charge >= 0.3 is 5.69 Å². The normalized spacial score (nSPS) is 14.0. The van der Waals surface area contributed by atoms with Crippen molar-refractivity contribution in [3.63, 3.8) is 0 Å². The van der Waals surface area contributed by atoms with Gasteiger partial charge in [0.15, 0.2) is 0 Å². The molecule has 1 aliphatic heterocycles. The number of hydrogen-bond acceptors (Lipinski definition) is 4. The van der Waals surface area contributed by atoms with Crippen LogP contribution >= 0.6 is 0 Å². The molecule has 0 radical (unpaired) electrons. The van der Waals surface area contributed by atoms with Crippen LogP contribution < -0.4 is 11.0 Å². The van der Waals surface area contributed by atoms with Crippen molar-refractivity contribution in [3.8, 4) is 0 Å². The Bertz CT molecular complexity index is 673. The molecule has 6 heteroatoms. The maximum atomic E-state index is 12.3. The van der Waals surface area contributed by atoms with E-state index in [4.69, 9.17) is 0 Å². The summed E-state index contributed by atoms with van der Waals surface area (Å²) in [5, 5.41) is 7.72. The molecule has 0 bridgehead atoms. The van der Waals surface area contributed by atoms with Crippen LogP contribution in [0.5, 0.6) is 0 Å². The van der Waals surface area contributed by atoms with Crippen molar-refractivity contribution in [1.82, 2.24) is 19.3 Å². The second kappa shape index (κ2) is 6.11. The standard InChI is InChI=1S/C15H21N5O/c1-2-7-16-13-10-12(6-8-17-13)11-20-15(21)19-9-4-3-5-14(19)18-20/h6,8,10H,2-5,7,9,11H2,1H3,(H,16,17). The van der Waals surface area contributed by atoms with E-state index >= 15 is 0 Å². The van der Waals surface area contributed by atoms with E-state index in [0.29, 0.717) is 6.54 Å². The van der Waals surface area contributed by atoms with Crippen molar-refractivity contribution in [2.45, 2.75) is 45.7 Å². The molecule has 0 saturated carbocycles. The van der Waals surface area contributed by atoms with Gasteiger partial charge in [0.2, 0.25) is 0 Å². The largest absolute Gasteiger partial charge is 0.370 e. The average Bonchev–Trinajstić information content (AvgIpc) is 2.82. The Kier molecular flexibility index (Phi) is 4.03. The van der Waals surface area contributed by atoms with Crippen molar-refractivity contribution in [2.75, 3.05) is 11.9 Å². The maximum Gasteiger partial charge on any atom is 0.346 e. The predicted octanol–water partition coefficient (Wildman–Crippen LogP) is 1.65. The Labute approximate surface area is 123 Å². The highest BCUT2D eigenvalue weighted by Gasteiger charge is 2.16. The highest BCUT2D eigenvalue weighted by molar-refractivity contribution is 5.37. The molecule has 0 atom stereocenters. The maximum absolute atomic E-state index is 12.3. The summed E-state index contributed by atoms with van der Waals surface area (Å²) in [6.07, 6.45) is 5.92. The summed E-state index contributed by atoms with van der Waals surface area (Å²) >= 11 is 0. The van der Waals surface area contributed by atoms with Crippen molar-refractivity contribution in [1.29, 1.82) is 0 Å². The monoisotopic (exact) mass is 287 g/mol. The first-order valence-electron chi connectivity index (χ1n) is 7.63. The summed E-state index contributed by atoms with van der Waals surface area (Å²) in [6, 6.07) is 3.92. The van der Waals surface area contributed by atoms with Gasteiger partial charge in [0.1, 0.15) is 11.6 Å². The molecule has 2 aromatic rings. The van der Waals surface area contributed by atoms with Crippen LogP contribution in [0.2, 0.25) is 0 Å². The fourth-order valence-electron chi connectivity index (χ4n) is 2.65. The van der Waals surface area contributed by atoms with E-state index in [1.807, 2.05) is 12.1 Å². The van der Waals surface area contributed by atoms with Crippen LogP contribution in [0.3, 0.4) is 0 Å². The highest BCUT2D eigenvalue weighted by atomic mass is 16.2. The zero-order valence-electron chi connectivity index (χ0n) is 12.4. The number of hydrogen-bond donors (Lipinski definition) is 1. The Balaban J connectivity index is 1.80. The van der Waals surface area contributed by atoms with Gasteiger partial charge in [-0.25, -0.2) is 14.5 Å². The molecule has 21 heavy (non-hydrogen) atoms. The minimum atomic E-state index is 0.00424. The number of aromatic nitrogens is 4. The molecule has 6 nitrogen and oxygen atoms in total. The molecule has 0 saturated heterocycles. The van der Waals surface area contributed by atoms with Gasteiger partial charge in [-0.05, 0) is 37.0 Å². The molecule has 0 unspecified atom stereocenters. The summed E-state index contributed by atoms with van der Waals surface area (Å²) in [6.45, 7) is 4.32. The first-order valence-corrected chi connectivity index (χ1v) is 7.63. The van der Waals surface area contributed by atoms with Crippen LogP contribution in [0.4, 0.5) is 5.82 Å². The molecule has 3 heterocycles. The van der Waals surface area contributed by atoms with Crippen molar-refractivity contribution >= 4 is 5.82 Å². The molecule has 3 rings (SSSR count). The van der Waals surface area contributed by atoms with E-state index in [9.17, 15) is 4.79 Å². The van der Waals surface area contributed by atoms with Gasteiger partial charge in [0, 0.05) is 25.7 Å². The van der Waals surface area contributed by atoms with Gasteiger partial charge in [-0.15, -0.1) is 0 Å². The van der Waals surface area contributed by atoms with Crippen LogP contribution in [-0.2, 0) is 19.5 Å². The lowest BCUT2D eigenvalue weighted by Gasteiger charge is -2.09. The molecule has 0 amide bonds. The fourth-order valence-corrected chi connectivity index (χ4v) is 2.65. The smallest absolute Gasteiger partial charge is 0.346 e. The van der Waals surface area contributed by atoms with E-state index in [2.05, 4.69) is 22.3 Å². The lowest BCUT2D eigenvalue weighted by Crippen LogP contribution is -2.27. The topological polar surface area (TPSA) is 64.7 Å². The van der Waals surface area contributed by atoms with E-state index in [-0.39, 0.29) is 5.69 Å². The highest BCUT2D eigenvalue weighted by Crippen LogP contribution is 2.11. The fraction of sp³-hybridized carbons (Fsp3) is 0.533. The quantitative estimate of drug-likeness (QED) is 0.908. The molecule has 112 valence electrons. The summed E-state index contributed by atoms with van der Waals surface area (Å²) < 4.78 is 3.38. The van der Waals surface area contributed by atoms with E-state index in [0.717, 1.165) is 56.0 Å². The zero-order valence-corrected chi connectivity index (χ0v) is 12.4. The Morgan fingerprint density at radius 2 is 2.29 bits per heavy atom. The lowest BCUT2D eigenvalue weighted by molar-refractivity contribution is 0.511. The Morgan fingerprint density at radius 1 is 1.38 bits per heavy atom. The minimum absolute atomic E-state index is 0.00424. The molecular formula is C15H21N5O. The van der Waals surface area contributed by atoms with Crippen LogP contribution in [0.15, 0.2) is 23.1 Å². The summed E-state index contributed by atoms with van der Waals surface area (Å²) in [4.78, 5) is 16.6. The molecule has 2 aromatic heterocycles. The minimum Gasteiger partial charge on any atom is -0.370 e. The predicted molar refractivity (Wildman–Crippen MR) is 81.5 cm³/mol. The van der Waals surface area contributed by atoms with Crippen LogP contribution in [0.25, 0.3) is 0 Å². The zero-order chi connectivity index (χ0) is 14.7. The second-order valence-electron chi connectivity index (χ2n) is 5.44. The molecule has 0 aliphatic carbocycles. The molecule has 0 aromatic carbocycles. The van der Waals surface area contributed by atoms with E-state index in [1.165, 1.54) is 0 Å². The van der Waals surface area contributed by atoms with Crippen LogP contribution in [0.1, 0.15) is 37.6 Å². The molecule has 0 fully saturated rings. The Morgan fingerprint density at radius 3 is 3.10 bits per heavy atom. The Hall–Kier alpha value is -2.11. The number of rotatable bonds is 5. The summed E-state index contributed by atoms with van der Waals surface area (Å²) in [5.41, 5.74) is 1.05. The van der Waals surface area contributed by atoms with Gasteiger partial charge in [0.25, 0.3) is 0 Å². The molecule has 0 spiro atoms. The van der Waals surface area contributed by atoms with Gasteiger partial charge < -0.3 is 5.32 Å². The van der Waals surface area contributed by atoms with E-state index < -0.39 is 0 Å². The summed E-state index contributed by atoms with van der Waals surface area (Å²) in [7, 11) is 0. The molecule has 1 aliphatic rings. The number of nitrogens with zero attached hydrogens (tertiary/aromatic N) is 4. The van der Waals surface area contributed by atoms with Crippen LogP contribution in [-0.4, -0.2) is 25.9 Å². The van der Waals surface area contributed by atoms with Gasteiger partial charge in [0.05, 0.1) is 6.54 Å².